The van der Waals surface area contributed by atoms with E-state index in [9.17, 15) is 4.79 Å². The molecule has 8 heteroatoms. The molecule has 0 fully saturated rings. The quantitative estimate of drug-likeness (QED) is 0.402. The van der Waals surface area contributed by atoms with E-state index in [1.165, 1.54) is 15.2 Å². The van der Waals surface area contributed by atoms with Crippen molar-refractivity contribution in [1.82, 2.24) is 14.9 Å². The van der Waals surface area contributed by atoms with Gasteiger partial charge in [-0.3, -0.25) is 9.69 Å². The van der Waals surface area contributed by atoms with Gasteiger partial charge in [-0.25, -0.2) is 9.97 Å². The average molecular weight is 451 g/mol. The van der Waals surface area contributed by atoms with Gasteiger partial charge in [0.15, 0.2) is 12.5 Å². The van der Waals surface area contributed by atoms with Crippen LogP contribution in [0.15, 0.2) is 48.1 Å². The Bertz CT molecular complexity index is 1280. The molecule has 0 saturated carbocycles. The zero-order valence-electron chi connectivity index (χ0n) is 17.2. The number of ether oxygens (including phenoxy) is 1. The van der Waals surface area contributed by atoms with E-state index in [4.69, 9.17) is 4.74 Å². The fraction of sp³-hybridized carbons (Fsp3) is 0.261. The molecule has 4 heterocycles. The molecule has 0 aliphatic carbocycles. The summed E-state index contributed by atoms with van der Waals surface area (Å²) in [5.74, 6) is 0. The summed E-state index contributed by atoms with van der Waals surface area (Å²) in [6.07, 6.45) is 5.34. The number of fused-ring (bicyclic) bond motifs is 2. The van der Waals surface area contributed by atoms with Gasteiger partial charge in [-0.15, -0.1) is 22.7 Å². The zero-order chi connectivity index (χ0) is 21.4. The molecule has 3 aromatic heterocycles. The van der Waals surface area contributed by atoms with Crippen molar-refractivity contribution in [2.45, 2.75) is 25.6 Å². The third-order valence-corrected chi connectivity index (χ3v) is 7.62. The number of carbonyl (C=O) groups excluding carboxylic acids is 1. The largest absolute Gasteiger partial charge is 0.359 e. The third kappa shape index (κ3) is 3.76. The van der Waals surface area contributed by atoms with Gasteiger partial charge in [0.2, 0.25) is 0 Å². The number of carbonyl (C=O) groups is 1. The number of pyridine rings is 1. The number of nitrogens with zero attached hydrogens (tertiary/aromatic N) is 3. The first-order valence-electron chi connectivity index (χ1n) is 10.1. The Hall–Kier alpha value is -2.65. The molecule has 5 rings (SSSR count). The molecule has 4 aromatic rings. The number of hydrogen-bond acceptors (Lipinski definition) is 8. The van der Waals surface area contributed by atoms with E-state index in [0.717, 1.165) is 46.4 Å². The number of aromatic nitrogens is 2. The van der Waals surface area contributed by atoms with Crippen LogP contribution in [-0.2, 0) is 9.53 Å². The highest BCUT2D eigenvalue weighted by Gasteiger charge is 2.29. The number of nitrogens with one attached hydrogen (secondary N) is 1. The summed E-state index contributed by atoms with van der Waals surface area (Å²) >= 11 is 3.32. The van der Waals surface area contributed by atoms with Crippen molar-refractivity contribution in [2.75, 3.05) is 19.0 Å². The monoisotopic (exact) mass is 450 g/mol. The number of aldehydes is 1. The number of benzene rings is 1. The van der Waals surface area contributed by atoms with Crippen molar-refractivity contribution >= 4 is 66.3 Å². The van der Waals surface area contributed by atoms with E-state index in [0.29, 0.717) is 0 Å². The lowest BCUT2D eigenvalue weighted by molar-refractivity contribution is -0.129. The van der Waals surface area contributed by atoms with Gasteiger partial charge in [0, 0.05) is 41.8 Å². The first kappa shape index (κ1) is 20.3. The Balaban J connectivity index is 1.48. The van der Waals surface area contributed by atoms with Crippen LogP contribution in [0.2, 0.25) is 0 Å². The van der Waals surface area contributed by atoms with Crippen LogP contribution in [0.4, 0.5) is 11.4 Å². The summed E-state index contributed by atoms with van der Waals surface area (Å²) in [6, 6.07) is 10.5. The van der Waals surface area contributed by atoms with Crippen molar-refractivity contribution in [3.8, 4) is 0 Å². The molecule has 0 amide bonds. The van der Waals surface area contributed by atoms with E-state index in [2.05, 4.69) is 57.4 Å². The van der Waals surface area contributed by atoms with Gasteiger partial charge in [0.25, 0.3) is 0 Å². The van der Waals surface area contributed by atoms with E-state index in [-0.39, 0.29) is 6.04 Å². The minimum absolute atomic E-state index is 0.0837. The number of anilines is 2. The Labute approximate surface area is 188 Å². The second-order valence-electron chi connectivity index (χ2n) is 7.47. The minimum atomic E-state index is -0.524. The van der Waals surface area contributed by atoms with Gasteiger partial charge < -0.3 is 10.1 Å². The summed E-state index contributed by atoms with van der Waals surface area (Å²) < 4.78 is 6.55. The highest BCUT2D eigenvalue weighted by Crippen LogP contribution is 2.38. The maximum Gasteiger partial charge on any atom is 0.167 e. The first-order valence-corrected chi connectivity index (χ1v) is 11.8. The van der Waals surface area contributed by atoms with E-state index in [1.54, 1.807) is 29.8 Å². The molecule has 6 nitrogen and oxygen atoms in total. The smallest absolute Gasteiger partial charge is 0.167 e. The second-order valence-corrected chi connectivity index (χ2v) is 9.39. The van der Waals surface area contributed by atoms with Gasteiger partial charge in [-0.05, 0) is 49.2 Å². The Morgan fingerprint density at radius 3 is 3.03 bits per heavy atom. The topological polar surface area (TPSA) is 67.3 Å². The lowest BCUT2D eigenvalue weighted by Crippen LogP contribution is -2.46. The normalized spacial score (nSPS) is 18.3. The van der Waals surface area contributed by atoms with Crippen molar-refractivity contribution < 1.29 is 9.53 Å². The number of thiophene rings is 1. The summed E-state index contributed by atoms with van der Waals surface area (Å²) in [5.41, 5.74) is 6.10. The van der Waals surface area contributed by atoms with Crippen LogP contribution in [-0.4, -0.2) is 47.1 Å². The summed E-state index contributed by atoms with van der Waals surface area (Å²) in [5, 5.41) is 4.62. The van der Waals surface area contributed by atoms with Crippen LogP contribution in [0.5, 0.6) is 0 Å². The Morgan fingerprint density at radius 2 is 2.19 bits per heavy atom. The lowest BCUT2D eigenvalue weighted by atomic mass is 9.99. The molecule has 0 radical (unpaired) electrons. The maximum absolute atomic E-state index is 11.4. The summed E-state index contributed by atoms with van der Waals surface area (Å²) in [6.45, 7) is 2.93. The van der Waals surface area contributed by atoms with Crippen molar-refractivity contribution in [3.05, 3.63) is 53.0 Å². The molecule has 2 unspecified atom stereocenters. The minimum Gasteiger partial charge on any atom is -0.359 e. The van der Waals surface area contributed by atoms with Crippen LogP contribution in [0, 0.1) is 0 Å². The van der Waals surface area contributed by atoms with Crippen LogP contribution in [0.25, 0.3) is 26.0 Å². The number of thiazole rings is 1. The van der Waals surface area contributed by atoms with E-state index >= 15 is 0 Å². The van der Waals surface area contributed by atoms with E-state index in [1.807, 2.05) is 17.8 Å². The third-order valence-electron chi connectivity index (χ3n) is 5.71. The highest BCUT2D eigenvalue weighted by molar-refractivity contribution is 7.19. The van der Waals surface area contributed by atoms with Crippen LogP contribution >= 0.6 is 22.7 Å². The fourth-order valence-corrected chi connectivity index (χ4v) is 5.93. The standard InChI is InChI=1S/C23H22N4O2S2/c1-14-16(4-3-9-27(14)22(12-28)29-2)21-11-17-18(7-8-24-23(17)31-21)26-15-5-6-20-19(10-15)25-13-30-20/h4-8,10-14,22H,3,9H2,1-2H3,(H,24,26). The molecule has 31 heavy (non-hydrogen) atoms. The molecule has 158 valence electrons. The molecular weight excluding hydrogens is 428 g/mol. The molecule has 2 atom stereocenters. The van der Waals surface area contributed by atoms with E-state index < -0.39 is 6.23 Å². The van der Waals surface area contributed by atoms with Crippen LogP contribution in [0.1, 0.15) is 18.2 Å². The van der Waals surface area contributed by atoms with Crippen LogP contribution < -0.4 is 5.32 Å². The predicted octanol–water partition coefficient (Wildman–Crippen LogP) is 5.30. The fourth-order valence-electron chi connectivity index (χ4n) is 4.12. The molecule has 0 spiro atoms. The zero-order valence-corrected chi connectivity index (χ0v) is 18.9. The predicted molar refractivity (Wildman–Crippen MR) is 128 cm³/mol. The highest BCUT2D eigenvalue weighted by atomic mass is 32.1. The van der Waals surface area contributed by atoms with Gasteiger partial charge >= 0.3 is 0 Å². The lowest BCUT2D eigenvalue weighted by Gasteiger charge is -2.36. The van der Waals surface area contributed by atoms with Gasteiger partial charge in [-0.1, -0.05) is 6.08 Å². The van der Waals surface area contributed by atoms with Crippen molar-refractivity contribution in [3.63, 3.8) is 0 Å². The second kappa shape index (κ2) is 8.47. The first-order chi connectivity index (χ1) is 15.2. The molecule has 0 bridgehead atoms. The van der Waals surface area contributed by atoms with Gasteiger partial charge in [0.05, 0.1) is 21.4 Å². The van der Waals surface area contributed by atoms with Crippen LogP contribution in [0.3, 0.4) is 0 Å². The molecular formula is C23H22N4O2S2. The number of hydrogen-bond donors (Lipinski definition) is 1. The number of methoxy groups -OCH3 is 1. The Morgan fingerprint density at radius 1 is 1.29 bits per heavy atom. The maximum atomic E-state index is 11.4. The van der Waals surface area contributed by atoms with Crippen molar-refractivity contribution in [1.29, 1.82) is 0 Å². The molecule has 1 aliphatic heterocycles. The average Bonchev–Trinajstić information content (AvgIpc) is 3.43. The summed E-state index contributed by atoms with van der Waals surface area (Å²) in [7, 11) is 1.58. The van der Waals surface area contributed by atoms with Gasteiger partial charge in [-0.2, -0.15) is 0 Å². The Kier molecular flexibility index (Phi) is 5.54. The summed E-state index contributed by atoms with van der Waals surface area (Å²) in [4.78, 5) is 24.7. The van der Waals surface area contributed by atoms with Gasteiger partial charge in [0.1, 0.15) is 4.83 Å². The molecule has 1 aromatic carbocycles. The number of rotatable bonds is 6. The van der Waals surface area contributed by atoms with Crippen molar-refractivity contribution in [2.24, 2.45) is 0 Å². The molecule has 0 saturated heterocycles. The molecule has 1 N–H and O–H groups in total. The molecule has 1 aliphatic rings. The SMILES string of the molecule is COC(C=O)N1CCC=C(c2cc3c(Nc4ccc5scnc5c4)ccnc3s2)C1C.